The average Bonchev–Trinajstić information content (AvgIpc) is 2.96. The summed E-state index contributed by atoms with van der Waals surface area (Å²) < 4.78 is 1.36. The van der Waals surface area contributed by atoms with E-state index in [0.29, 0.717) is 13.1 Å². The molecular formula is C19H19N3O2. The lowest BCUT2D eigenvalue weighted by molar-refractivity contribution is -0.133. The van der Waals surface area contributed by atoms with Gasteiger partial charge in [0.05, 0.1) is 0 Å². The number of rotatable bonds is 2. The van der Waals surface area contributed by atoms with Crippen LogP contribution in [0.1, 0.15) is 24.0 Å². The Kier molecular flexibility index (Phi) is 3.56. The summed E-state index contributed by atoms with van der Waals surface area (Å²) in [7, 11) is 0. The third-order valence-corrected chi connectivity index (χ3v) is 5.18. The number of benzene rings is 1. The largest absolute Gasteiger partial charge is 0.347 e. The molecule has 0 atom stereocenters. The van der Waals surface area contributed by atoms with Crippen LogP contribution in [0.5, 0.6) is 0 Å². The fourth-order valence-corrected chi connectivity index (χ4v) is 3.78. The molecule has 1 aromatic carbocycles. The number of nitrogens with zero attached hydrogens (tertiary/aromatic N) is 3. The van der Waals surface area contributed by atoms with Crippen LogP contribution in [0.25, 0.3) is 6.08 Å². The maximum atomic E-state index is 12.5. The van der Waals surface area contributed by atoms with Gasteiger partial charge in [-0.3, -0.25) is 9.36 Å². The number of carbonyl (C=O) groups is 1. The molecule has 0 radical (unpaired) electrons. The molecule has 5 heteroatoms. The van der Waals surface area contributed by atoms with Crippen LogP contribution in [0.15, 0.2) is 53.6 Å². The highest BCUT2D eigenvalue weighted by molar-refractivity contribution is 5.76. The van der Waals surface area contributed by atoms with Gasteiger partial charge in [0.15, 0.2) is 0 Å². The lowest BCUT2D eigenvalue weighted by Gasteiger charge is -2.39. The maximum absolute atomic E-state index is 12.5. The summed E-state index contributed by atoms with van der Waals surface area (Å²) >= 11 is 0. The topological polar surface area (TPSA) is 55.2 Å². The molecule has 2 aromatic rings. The van der Waals surface area contributed by atoms with Crippen molar-refractivity contribution in [1.82, 2.24) is 14.5 Å². The Balaban J connectivity index is 1.46. The molecule has 1 spiro atoms. The molecule has 1 amide bonds. The van der Waals surface area contributed by atoms with Crippen LogP contribution in [0.3, 0.4) is 0 Å². The molecule has 1 aromatic heterocycles. The first-order valence-electron chi connectivity index (χ1n) is 8.26. The summed E-state index contributed by atoms with van der Waals surface area (Å²) in [5, 5.41) is 0. The van der Waals surface area contributed by atoms with Crippen LogP contribution in [0.4, 0.5) is 0 Å². The van der Waals surface area contributed by atoms with Crippen molar-refractivity contribution in [3.05, 3.63) is 70.4 Å². The number of aromatic nitrogens is 2. The Labute approximate surface area is 140 Å². The third kappa shape index (κ3) is 2.46. The zero-order chi connectivity index (χ0) is 16.6. The molecule has 24 heavy (non-hydrogen) atoms. The van der Waals surface area contributed by atoms with Gasteiger partial charge in [0.1, 0.15) is 6.54 Å². The zero-order valence-electron chi connectivity index (χ0n) is 13.4. The predicted molar refractivity (Wildman–Crippen MR) is 91.5 cm³/mol. The molecule has 0 saturated carbocycles. The van der Waals surface area contributed by atoms with Crippen molar-refractivity contribution in [1.29, 1.82) is 0 Å². The minimum atomic E-state index is -0.382. The smallest absolute Gasteiger partial charge is 0.341 e. The quantitative estimate of drug-likeness (QED) is 0.848. The summed E-state index contributed by atoms with van der Waals surface area (Å²) in [4.78, 5) is 29.7. The Morgan fingerprint density at radius 2 is 1.96 bits per heavy atom. The Bertz CT molecular complexity index is 861. The van der Waals surface area contributed by atoms with Gasteiger partial charge in [0.25, 0.3) is 0 Å². The summed E-state index contributed by atoms with van der Waals surface area (Å²) in [5.41, 5.74) is 2.35. The number of carbonyl (C=O) groups excluding carboxylic acids is 1. The second-order valence-corrected chi connectivity index (χ2v) is 6.49. The van der Waals surface area contributed by atoms with E-state index in [1.807, 2.05) is 4.90 Å². The van der Waals surface area contributed by atoms with E-state index < -0.39 is 0 Å². The Morgan fingerprint density at radius 3 is 2.75 bits per heavy atom. The molecule has 4 rings (SSSR count). The Hall–Kier alpha value is -2.69. The van der Waals surface area contributed by atoms with E-state index in [0.717, 1.165) is 12.8 Å². The van der Waals surface area contributed by atoms with Gasteiger partial charge in [-0.05, 0) is 30.0 Å². The van der Waals surface area contributed by atoms with Gasteiger partial charge in [0, 0.05) is 30.9 Å². The standard InChI is InChI=1S/C19H19N3O2/c23-17(14-22-11-3-10-20-18(22)24)21-12-8-19(9-13-21)7-6-15-4-1-2-5-16(15)19/h1-7,10-11H,8-9,12-14H2. The van der Waals surface area contributed by atoms with Crippen LogP contribution < -0.4 is 5.69 Å². The summed E-state index contributed by atoms with van der Waals surface area (Å²) in [5.74, 6) is -0.0183. The molecular weight excluding hydrogens is 302 g/mol. The highest BCUT2D eigenvalue weighted by Crippen LogP contribution is 2.43. The van der Waals surface area contributed by atoms with E-state index in [2.05, 4.69) is 41.4 Å². The number of likely N-dealkylation sites (tertiary alicyclic amines) is 1. The van der Waals surface area contributed by atoms with Crippen LogP contribution in [0, 0.1) is 0 Å². The molecule has 0 N–H and O–H groups in total. The van der Waals surface area contributed by atoms with E-state index in [4.69, 9.17) is 0 Å². The molecule has 1 saturated heterocycles. The molecule has 2 aliphatic rings. The number of hydrogen-bond donors (Lipinski definition) is 0. The van der Waals surface area contributed by atoms with Crippen molar-refractivity contribution < 1.29 is 4.79 Å². The van der Waals surface area contributed by atoms with Crippen molar-refractivity contribution in [2.75, 3.05) is 13.1 Å². The van der Waals surface area contributed by atoms with Crippen LogP contribution >= 0.6 is 0 Å². The van der Waals surface area contributed by atoms with Crippen LogP contribution in [0.2, 0.25) is 0 Å². The first-order chi connectivity index (χ1) is 11.7. The van der Waals surface area contributed by atoms with E-state index >= 15 is 0 Å². The maximum Gasteiger partial charge on any atom is 0.347 e. The molecule has 5 nitrogen and oxygen atoms in total. The van der Waals surface area contributed by atoms with Gasteiger partial charge in [-0.1, -0.05) is 36.4 Å². The van der Waals surface area contributed by atoms with Crippen molar-refractivity contribution in [2.24, 2.45) is 0 Å². The monoisotopic (exact) mass is 321 g/mol. The normalized spacial score (nSPS) is 17.9. The molecule has 0 unspecified atom stereocenters. The lowest BCUT2D eigenvalue weighted by atomic mass is 9.74. The van der Waals surface area contributed by atoms with Gasteiger partial charge in [-0.15, -0.1) is 0 Å². The molecule has 1 aliphatic heterocycles. The minimum Gasteiger partial charge on any atom is -0.341 e. The van der Waals surface area contributed by atoms with Crippen LogP contribution in [-0.4, -0.2) is 33.4 Å². The van der Waals surface area contributed by atoms with Crippen molar-refractivity contribution in [2.45, 2.75) is 24.8 Å². The second kappa shape index (κ2) is 5.74. The lowest BCUT2D eigenvalue weighted by Crippen LogP contribution is -2.45. The number of hydrogen-bond acceptors (Lipinski definition) is 3. The summed E-state index contributed by atoms with van der Waals surface area (Å²) in [6, 6.07) is 10.2. The van der Waals surface area contributed by atoms with Crippen molar-refractivity contribution in [3.63, 3.8) is 0 Å². The summed E-state index contributed by atoms with van der Waals surface area (Å²) in [6.07, 6.45) is 9.39. The number of fused-ring (bicyclic) bond motifs is 2. The third-order valence-electron chi connectivity index (χ3n) is 5.18. The molecule has 0 bridgehead atoms. The van der Waals surface area contributed by atoms with E-state index in [-0.39, 0.29) is 23.6 Å². The summed E-state index contributed by atoms with van der Waals surface area (Å²) in [6.45, 7) is 1.49. The number of allylic oxidation sites excluding steroid dienone is 1. The van der Waals surface area contributed by atoms with E-state index in [1.165, 1.54) is 21.9 Å². The van der Waals surface area contributed by atoms with Gasteiger partial charge < -0.3 is 4.90 Å². The van der Waals surface area contributed by atoms with Crippen molar-refractivity contribution in [3.8, 4) is 0 Å². The fourth-order valence-electron chi connectivity index (χ4n) is 3.78. The first-order valence-corrected chi connectivity index (χ1v) is 8.26. The Morgan fingerprint density at radius 1 is 1.17 bits per heavy atom. The van der Waals surface area contributed by atoms with E-state index in [1.54, 1.807) is 12.3 Å². The highest BCUT2D eigenvalue weighted by Gasteiger charge is 2.38. The molecule has 122 valence electrons. The molecule has 1 aliphatic carbocycles. The predicted octanol–water partition coefficient (Wildman–Crippen LogP) is 1.83. The van der Waals surface area contributed by atoms with Gasteiger partial charge in [-0.25, -0.2) is 9.78 Å². The number of amides is 1. The van der Waals surface area contributed by atoms with Crippen molar-refractivity contribution >= 4 is 12.0 Å². The second-order valence-electron chi connectivity index (χ2n) is 6.49. The fraction of sp³-hybridized carbons (Fsp3) is 0.316. The van der Waals surface area contributed by atoms with Gasteiger partial charge in [0.2, 0.25) is 5.91 Å². The minimum absolute atomic E-state index is 0.0183. The van der Waals surface area contributed by atoms with Gasteiger partial charge >= 0.3 is 5.69 Å². The SMILES string of the molecule is O=C(Cn1cccnc1=O)N1CCC2(C=Cc3ccccc32)CC1. The van der Waals surface area contributed by atoms with Crippen LogP contribution in [-0.2, 0) is 16.8 Å². The first kappa shape index (κ1) is 14.9. The number of piperidine rings is 1. The van der Waals surface area contributed by atoms with E-state index in [9.17, 15) is 9.59 Å². The molecule has 2 heterocycles. The highest BCUT2D eigenvalue weighted by atomic mass is 16.2. The molecule has 1 fully saturated rings. The van der Waals surface area contributed by atoms with Gasteiger partial charge in [-0.2, -0.15) is 0 Å². The zero-order valence-corrected chi connectivity index (χ0v) is 13.4. The average molecular weight is 321 g/mol.